The topological polar surface area (TPSA) is 156 Å². The Labute approximate surface area is 259 Å². The molecule has 1 fully saturated rings. The van der Waals surface area contributed by atoms with Gasteiger partial charge >= 0.3 is 22.8 Å². The molecular formula is C32H25N3O9S. The highest BCUT2D eigenvalue weighted by Gasteiger charge is 2.61. The van der Waals surface area contributed by atoms with Gasteiger partial charge in [-0.25, -0.2) is 24.4 Å². The van der Waals surface area contributed by atoms with Crippen LogP contribution in [-0.2, 0) is 18.9 Å². The molecule has 1 aliphatic heterocycles. The number of esters is 3. The molecule has 1 saturated heterocycles. The zero-order valence-electron chi connectivity index (χ0n) is 23.6. The standard InChI is InChI=1S/C32H25N3O9S/c1-32(44-29(39)21-15-9-4-10-16-21)24(43-28(38)20-13-7-3-8-14-20)22(17-41-27(37)19-11-5-2-6-12-19)42-30(32)35-25-23(45-31(35)40)26(36)34-18-33-25/h2-16,18,22,24,30H,17H2,1H3,(H,33,34,36)/t22-,24-,30-,32-/m1/s1. The third kappa shape index (κ3) is 5.78. The van der Waals surface area contributed by atoms with Gasteiger partial charge in [0, 0.05) is 0 Å². The predicted molar refractivity (Wildman–Crippen MR) is 160 cm³/mol. The molecule has 0 spiro atoms. The van der Waals surface area contributed by atoms with E-state index < -0.39 is 59.3 Å². The van der Waals surface area contributed by atoms with Crippen molar-refractivity contribution in [2.45, 2.75) is 31.0 Å². The summed E-state index contributed by atoms with van der Waals surface area (Å²) in [5.41, 5.74) is -1.23. The Balaban J connectivity index is 1.44. The minimum absolute atomic E-state index is 0.000415. The maximum atomic E-state index is 13.5. The average Bonchev–Trinajstić information content (AvgIpc) is 3.53. The third-order valence-electron chi connectivity index (χ3n) is 7.27. The monoisotopic (exact) mass is 627 g/mol. The SMILES string of the molecule is C[C@@]1(OC(=O)c2ccccc2)[C@H](OC(=O)c2ccccc2)[C@@H](COC(=O)c2ccccc2)O[C@H]1n1c(=O)sc2c(O)ncnc21. The Bertz CT molecular complexity index is 1910. The van der Waals surface area contributed by atoms with E-state index in [9.17, 15) is 24.3 Å². The van der Waals surface area contributed by atoms with Crippen molar-refractivity contribution >= 4 is 39.6 Å². The lowest BCUT2D eigenvalue weighted by molar-refractivity contribution is -0.109. The van der Waals surface area contributed by atoms with Crippen LogP contribution in [0.5, 0.6) is 5.88 Å². The van der Waals surface area contributed by atoms with Gasteiger partial charge in [0.15, 0.2) is 23.6 Å². The molecule has 0 aliphatic carbocycles. The van der Waals surface area contributed by atoms with Crippen molar-refractivity contribution in [2.24, 2.45) is 0 Å². The van der Waals surface area contributed by atoms with Crippen LogP contribution in [0.2, 0.25) is 0 Å². The molecule has 0 unspecified atom stereocenters. The number of aromatic hydroxyl groups is 1. The molecule has 12 nitrogen and oxygen atoms in total. The molecule has 5 aromatic rings. The molecule has 0 saturated carbocycles. The number of nitrogens with zero attached hydrogens (tertiary/aromatic N) is 3. The van der Waals surface area contributed by atoms with E-state index in [1.54, 1.807) is 78.9 Å². The predicted octanol–water partition coefficient (Wildman–Crippen LogP) is 4.15. The van der Waals surface area contributed by atoms with Gasteiger partial charge in [-0.15, -0.1) is 0 Å². The highest BCUT2D eigenvalue weighted by Crippen LogP contribution is 2.45. The number of benzene rings is 3. The molecule has 2 aromatic heterocycles. The van der Waals surface area contributed by atoms with Gasteiger partial charge in [0.2, 0.25) is 5.88 Å². The number of carbonyl (C=O) groups is 3. The molecule has 3 heterocycles. The summed E-state index contributed by atoms with van der Waals surface area (Å²) in [5.74, 6) is -2.66. The molecule has 3 aromatic carbocycles. The van der Waals surface area contributed by atoms with E-state index in [2.05, 4.69) is 9.97 Å². The molecule has 0 radical (unpaired) electrons. The Morgan fingerprint density at radius 1 is 0.867 bits per heavy atom. The Hall–Kier alpha value is -5.40. The van der Waals surface area contributed by atoms with Crippen molar-refractivity contribution in [1.82, 2.24) is 14.5 Å². The lowest BCUT2D eigenvalue weighted by Crippen LogP contribution is -2.51. The first-order chi connectivity index (χ1) is 21.8. The number of rotatable bonds is 8. The van der Waals surface area contributed by atoms with Crippen LogP contribution in [0, 0.1) is 0 Å². The largest absolute Gasteiger partial charge is 0.492 e. The van der Waals surface area contributed by atoms with Crippen molar-refractivity contribution in [2.75, 3.05) is 6.61 Å². The first-order valence-electron chi connectivity index (χ1n) is 13.7. The number of ether oxygens (including phenoxy) is 4. The smallest absolute Gasteiger partial charge is 0.338 e. The second kappa shape index (κ2) is 12.3. The van der Waals surface area contributed by atoms with E-state index in [4.69, 9.17) is 18.9 Å². The number of hydrogen-bond acceptors (Lipinski definition) is 12. The van der Waals surface area contributed by atoms with E-state index in [1.807, 2.05) is 0 Å². The summed E-state index contributed by atoms with van der Waals surface area (Å²) in [6, 6.07) is 24.5. The van der Waals surface area contributed by atoms with Crippen molar-refractivity contribution in [3.63, 3.8) is 0 Å². The molecule has 0 amide bonds. The van der Waals surface area contributed by atoms with Crippen molar-refractivity contribution in [1.29, 1.82) is 0 Å². The summed E-state index contributed by atoms with van der Waals surface area (Å²) in [6.45, 7) is 1.02. The molecule has 0 bridgehead atoms. The minimum atomic E-state index is -1.89. The third-order valence-corrected chi connectivity index (χ3v) is 8.21. The number of aromatic nitrogens is 3. The van der Waals surface area contributed by atoms with E-state index in [1.165, 1.54) is 19.1 Å². The number of fused-ring (bicyclic) bond motifs is 1. The fourth-order valence-electron chi connectivity index (χ4n) is 5.08. The minimum Gasteiger partial charge on any atom is -0.492 e. The summed E-state index contributed by atoms with van der Waals surface area (Å²) < 4.78 is 25.1. The van der Waals surface area contributed by atoms with Crippen LogP contribution in [0.1, 0.15) is 44.2 Å². The molecule has 45 heavy (non-hydrogen) atoms. The average molecular weight is 628 g/mol. The molecule has 1 aliphatic rings. The van der Waals surface area contributed by atoms with E-state index in [0.717, 1.165) is 10.9 Å². The molecule has 13 heteroatoms. The maximum absolute atomic E-state index is 13.5. The van der Waals surface area contributed by atoms with Gasteiger partial charge in [-0.3, -0.25) is 9.36 Å². The molecule has 228 valence electrons. The number of thiazole rings is 1. The van der Waals surface area contributed by atoms with Crippen LogP contribution < -0.4 is 4.87 Å². The van der Waals surface area contributed by atoms with Gasteiger partial charge in [0.25, 0.3) is 0 Å². The van der Waals surface area contributed by atoms with Crippen molar-refractivity contribution in [3.05, 3.63) is 124 Å². The van der Waals surface area contributed by atoms with Crippen molar-refractivity contribution < 1.29 is 38.4 Å². The van der Waals surface area contributed by atoms with Gasteiger partial charge in [-0.1, -0.05) is 65.9 Å². The lowest BCUT2D eigenvalue weighted by Gasteiger charge is -2.34. The van der Waals surface area contributed by atoms with Crippen molar-refractivity contribution in [3.8, 4) is 5.88 Å². The van der Waals surface area contributed by atoms with Crippen LogP contribution in [0.4, 0.5) is 0 Å². The highest BCUT2D eigenvalue weighted by molar-refractivity contribution is 7.16. The normalized spacial score (nSPS) is 20.9. The Morgan fingerprint density at radius 2 is 1.42 bits per heavy atom. The van der Waals surface area contributed by atoms with Gasteiger partial charge in [0.05, 0.1) is 16.7 Å². The first kappa shape index (κ1) is 29.7. The van der Waals surface area contributed by atoms with Gasteiger partial charge in [0.1, 0.15) is 23.7 Å². The summed E-state index contributed by atoms with van der Waals surface area (Å²) in [4.78, 5) is 60.5. The Kier molecular flexibility index (Phi) is 8.11. The van der Waals surface area contributed by atoms with Crippen LogP contribution in [0.3, 0.4) is 0 Å². The first-order valence-corrected chi connectivity index (χ1v) is 14.5. The van der Waals surface area contributed by atoms with Crippen LogP contribution >= 0.6 is 11.3 Å². The van der Waals surface area contributed by atoms with E-state index in [-0.39, 0.29) is 27.0 Å². The zero-order chi connectivity index (χ0) is 31.6. The maximum Gasteiger partial charge on any atom is 0.338 e. The summed E-state index contributed by atoms with van der Waals surface area (Å²) >= 11 is 0.656. The highest BCUT2D eigenvalue weighted by atomic mass is 32.1. The molecule has 4 atom stereocenters. The molecule has 6 rings (SSSR count). The second-order valence-corrected chi connectivity index (χ2v) is 11.2. The van der Waals surface area contributed by atoms with Crippen LogP contribution in [0.15, 0.2) is 102 Å². The van der Waals surface area contributed by atoms with Gasteiger partial charge < -0.3 is 24.1 Å². The van der Waals surface area contributed by atoms with E-state index in [0.29, 0.717) is 11.3 Å². The summed E-state index contributed by atoms with van der Waals surface area (Å²) in [6.07, 6.45) is -3.01. The van der Waals surface area contributed by atoms with Gasteiger partial charge in [-0.05, 0) is 43.3 Å². The van der Waals surface area contributed by atoms with Gasteiger partial charge in [-0.2, -0.15) is 0 Å². The lowest BCUT2D eigenvalue weighted by atomic mass is 9.95. The second-order valence-electron chi connectivity index (χ2n) is 10.2. The summed E-state index contributed by atoms with van der Waals surface area (Å²) in [5, 5.41) is 10.3. The van der Waals surface area contributed by atoms with E-state index >= 15 is 0 Å². The number of carbonyl (C=O) groups excluding carboxylic acids is 3. The zero-order valence-corrected chi connectivity index (χ0v) is 24.5. The molecular weight excluding hydrogens is 602 g/mol. The fourth-order valence-corrected chi connectivity index (χ4v) is 5.92. The molecule has 1 N–H and O–H groups in total. The number of hydrogen-bond donors (Lipinski definition) is 1. The Morgan fingerprint density at radius 3 is 2.02 bits per heavy atom. The van der Waals surface area contributed by atoms with Crippen LogP contribution in [-0.4, -0.2) is 62.0 Å². The summed E-state index contributed by atoms with van der Waals surface area (Å²) in [7, 11) is 0. The fraction of sp³-hybridized carbons (Fsp3) is 0.188. The quantitative estimate of drug-likeness (QED) is 0.195. The van der Waals surface area contributed by atoms with Crippen LogP contribution in [0.25, 0.3) is 10.3 Å².